The van der Waals surface area contributed by atoms with Gasteiger partial charge >= 0.3 is 0 Å². The number of halogens is 2. The lowest BCUT2D eigenvalue weighted by Crippen LogP contribution is -2.38. The van der Waals surface area contributed by atoms with Gasteiger partial charge in [-0.05, 0) is 55.5 Å². The first-order valence-corrected chi connectivity index (χ1v) is 14.1. The van der Waals surface area contributed by atoms with Crippen LogP contribution in [0.5, 0.6) is 0 Å². The number of nitrogens with zero attached hydrogens (tertiary/aromatic N) is 5. The minimum Gasteiger partial charge on any atom is -0.396 e. The number of pyridine rings is 1. The van der Waals surface area contributed by atoms with E-state index in [4.69, 9.17) is 11.6 Å². The lowest BCUT2D eigenvalue weighted by molar-refractivity contribution is 0.178. The van der Waals surface area contributed by atoms with Crippen molar-refractivity contribution in [3.05, 3.63) is 76.5 Å². The number of aromatic nitrogens is 4. The molecular weight excluding hydrogens is 528 g/mol. The van der Waals surface area contributed by atoms with E-state index in [2.05, 4.69) is 32.0 Å². The molecule has 4 aromatic rings. The van der Waals surface area contributed by atoms with E-state index in [1.54, 1.807) is 24.4 Å². The molecule has 11 heteroatoms. The van der Waals surface area contributed by atoms with E-state index in [-0.39, 0.29) is 24.4 Å². The fourth-order valence-electron chi connectivity index (χ4n) is 5.75. The molecule has 0 saturated heterocycles. The Bertz CT molecular complexity index is 1590. The van der Waals surface area contributed by atoms with Gasteiger partial charge in [-0.3, -0.25) is 4.98 Å². The van der Waals surface area contributed by atoms with Gasteiger partial charge in [0.1, 0.15) is 25.4 Å². The molecule has 0 spiro atoms. The van der Waals surface area contributed by atoms with Gasteiger partial charge in [-0.15, -0.1) is 5.10 Å². The predicted octanol–water partition coefficient (Wildman–Crippen LogP) is 4.73. The first-order valence-electron chi connectivity index (χ1n) is 13.8. The third-order valence-electron chi connectivity index (χ3n) is 8.28. The number of benzene rings is 2. The number of aliphatic hydroxyl groups excluding tert-OH is 1. The number of hydrogen-bond donors (Lipinski definition) is 3. The number of anilines is 2. The van der Waals surface area contributed by atoms with Crippen LogP contribution in [0.3, 0.4) is 0 Å². The van der Waals surface area contributed by atoms with Gasteiger partial charge in [0.2, 0.25) is 0 Å². The van der Waals surface area contributed by atoms with Crippen LogP contribution in [0.1, 0.15) is 61.4 Å². The summed E-state index contributed by atoms with van der Waals surface area (Å²) in [6.45, 7) is 0.0910. The van der Waals surface area contributed by atoms with Crippen LogP contribution in [-0.2, 0) is 5.44 Å². The van der Waals surface area contributed by atoms with Crippen molar-refractivity contribution in [3.8, 4) is 6.07 Å². The maximum Gasteiger partial charge on any atom is 0.148 e. The molecule has 0 radical (unpaired) electrons. The molecule has 40 heavy (non-hydrogen) atoms. The Balaban J connectivity index is 1.44. The Kier molecular flexibility index (Phi) is 7.11. The van der Waals surface area contributed by atoms with Gasteiger partial charge in [0, 0.05) is 35.8 Å². The molecule has 0 amide bonds. The van der Waals surface area contributed by atoms with E-state index in [0.29, 0.717) is 44.6 Å². The molecule has 0 bridgehead atoms. The summed E-state index contributed by atoms with van der Waals surface area (Å²) in [5.74, 6) is -0.215. The molecule has 8 nitrogen and oxygen atoms in total. The van der Waals surface area contributed by atoms with Crippen molar-refractivity contribution in [1.82, 2.24) is 20.0 Å². The van der Waals surface area contributed by atoms with Crippen molar-refractivity contribution in [2.75, 3.05) is 17.2 Å². The summed E-state index contributed by atoms with van der Waals surface area (Å²) in [5, 5.41) is 37.1. The van der Waals surface area contributed by atoms with Crippen molar-refractivity contribution < 1.29 is 9.50 Å². The third-order valence-corrected chi connectivity index (χ3v) is 8.57. The smallest absolute Gasteiger partial charge is 0.148 e. The van der Waals surface area contributed by atoms with Crippen molar-refractivity contribution in [2.45, 2.75) is 56.0 Å². The fourth-order valence-corrected chi connectivity index (χ4v) is 6.02. The highest BCUT2D eigenvalue weighted by Gasteiger charge is 2.35. The second-order valence-electron chi connectivity index (χ2n) is 11.1. The molecule has 2 aliphatic rings. The highest BCUT2D eigenvalue weighted by molar-refractivity contribution is 6.36. The van der Waals surface area contributed by atoms with Gasteiger partial charge in [0.15, 0.2) is 0 Å². The predicted molar refractivity (Wildman–Crippen MR) is 156 cm³/mol. The highest BCUT2D eigenvalue weighted by atomic mass is 35.5. The summed E-state index contributed by atoms with van der Waals surface area (Å²) in [7, 11) is 1.98. The first kappa shape index (κ1) is 26.5. The molecule has 3 atom stereocenters. The molecule has 2 heterocycles. The van der Waals surface area contributed by atoms with Gasteiger partial charge in [-0.25, -0.2) is 9.07 Å². The molecule has 204 valence electrons. The zero-order chi connectivity index (χ0) is 27.9. The van der Waals surface area contributed by atoms with E-state index >= 15 is 0 Å². The maximum absolute atomic E-state index is 13.9. The number of hydrogen-bond acceptors (Lipinski definition) is 7. The van der Waals surface area contributed by atoms with Crippen LogP contribution in [-0.4, -0.2) is 45.6 Å². The van der Waals surface area contributed by atoms with Crippen molar-refractivity contribution in [3.63, 3.8) is 0 Å². The molecule has 2 fully saturated rings. The molecule has 2 aromatic heterocycles. The summed E-state index contributed by atoms with van der Waals surface area (Å²) < 4.78 is 15.8. The topological polar surface area (TPSA) is 112 Å². The summed E-state index contributed by atoms with van der Waals surface area (Å²) in [6.07, 6.45) is 9.62. The zero-order valence-corrected chi connectivity index (χ0v) is 23.0. The van der Waals surface area contributed by atoms with Crippen LogP contribution >= 0.6 is 11.6 Å². The Morgan fingerprint density at radius 1 is 1.18 bits per heavy atom. The Morgan fingerprint density at radius 3 is 2.67 bits per heavy atom. The van der Waals surface area contributed by atoms with Gasteiger partial charge in [0.05, 0.1) is 39.5 Å². The van der Waals surface area contributed by atoms with Gasteiger partial charge < -0.3 is 15.7 Å². The molecular formula is C29H30BClFN7O. The molecule has 1 unspecified atom stereocenters. The van der Waals surface area contributed by atoms with Crippen molar-refractivity contribution in [1.29, 1.82) is 5.26 Å². The lowest BCUT2D eigenvalue weighted by Gasteiger charge is -2.33. The van der Waals surface area contributed by atoms with Gasteiger partial charge in [-0.1, -0.05) is 41.8 Å². The number of nitriles is 1. The standard InChI is InChI=1S/C29H30BClFN7O/c30-29(19-5-7-20(32)8-6-19,26-15-39(38-37-26)22-9-10-22)36-21-11-23-27(35-25-4-2-1-3-17(25)16-40)18(13-33)14-34-28(23)24(31)12-21/h5-8,11-12,14-15,17,22,25,36,40H,1-4,9-10,16,30H2,(H,34,35)/t17-,25+,29?/m1/s1. The summed E-state index contributed by atoms with van der Waals surface area (Å²) in [6, 6.07) is 12.7. The Morgan fingerprint density at radius 2 is 1.95 bits per heavy atom. The van der Waals surface area contributed by atoms with E-state index < -0.39 is 5.44 Å². The quantitative estimate of drug-likeness (QED) is 0.268. The van der Waals surface area contributed by atoms with Crippen molar-refractivity contribution in [2.24, 2.45) is 5.92 Å². The number of fused-ring (bicyclic) bond motifs is 1. The molecule has 2 aliphatic carbocycles. The second kappa shape index (κ2) is 10.7. The first-order chi connectivity index (χ1) is 19.4. The van der Waals surface area contributed by atoms with Crippen LogP contribution in [0.25, 0.3) is 10.9 Å². The summed E-state index contributed by atoms with van der Waals surface area (Å²) in [4.78, 5) is 4.50. The average Bonchev–Trinajstić information content (AvgIpc) is 3.69. The van der Waals surface area contributed by atoms with Crippen LogP contribution in [0.4, 0.5) is 15.8 Å². The van der Waals surface area contributed by atoms with Gasteiger partial charge in [0.25, 0.3) is 0 Å². The highest BCUT2D eigenvalue weighted by Crippen LogP contribution is 2.39. The summed E-state index contributed by atoms with van der Waals surface area (Å²) in [5.41, 5.74) is 2.97. The monoisotopic (exact) mass is 557 g/mol. The molecule has 2 aromatic carbocycles. The molecule has 2 saturated carbocycles. The van der Waals surface area contributed by atoms with E-state index in [9.17, 15) is 14.8 Å². The summed E-state index contributed by atoms with van der Waals surface area (Å²) >= 11 is 6.79. The average molecular weight is 558 g/mol. The minimum atomic E-state index is -0.864. The fraction of sp³-hybridized carbons (Fsp3) is 0.379. The van der Waals surface area contributed by atoms with Crippen molar-refractivity contribution >= 4 is 41.7 Å². The third kappa shape index (κ3) is 5.00. The number of nitrogens with one attached hydrogen (secondary N) is 2. The molecule has 6 rings (SSSR count). The van der Waals surface area contributed by atoms with E-state index in [1.165, 1.54) is 12.1 Å². The SMILES string of the molecule is BC(Nc1cc(Cl)c2ncc(C#N)c(N[C@H]3CCCC[C@@H]3CO)c2c1)(c1ccc(F)cc1)c1cn(C2CC2)nn1. The Labute approximate surface area is 238 Å². The van der Waals surface area contributed by atoms with E-state index in [1.807, 2.05) is 24.8 Å². The van der Waals surface area contributed by atoms with Crippen LogP contribution in [0, 0.1) is 23.1 Å². The zero-order valence-electron chi connectivity index (χ0n) is 22.2. The number of aliphatic hydroxyl groups is 1. The normalized spacial score (nSPS) is 20.6. The van der Waals surface area contributed by atoms with Crippen LogP contribution in [0.2, 0.25) is 5.02 Å². The maximum atomic E-state index is 13.9. The lowest BCUT2D eigenvalue weighted by atomic mass is 9.69. The second-order valence-corrected chi connectivity index (χ2v) is 11.5. The molecule has 3 N–H and O–H groups in total. The van der Waals surface area contributed by atoms with Crippen LogP contribution in [0.15, 0.2) is 48.8 Å². The molecule has 0 aliphatic heterocycles. The van der Waals surface area contributed by atoms with Gasteiger partial charge in [-0.2, -0.15) is 5.26 Å². The largest absolute Gasteiger partial charge is 0.396 e. The Hall–Kier alpha value is -3.68. The number of rotatable bonds is 8. The minimum absolute atomic E-state index is 0.0359. The van der Waals surface area contributed by atoms with Crippen LogP contribution < -0.4 is 10.6 Å². The van der Waals surface area contributed by atoms with E-state index in [0.717, 1.165) is 44.1 Å².